The standard InChI is InChI=1S/C17H23NO4/c1-17(21,11-3-7-14(19)8-4-11)16(20)22-15-9-12-5-6-13(10-15)18(12)2/h3-4,7-8,12-13,15,19,21H,5-6,9-10H2,1-2H3/t12-,13+,15?,17?. The van der Waals surface area contributed by atoms with Gasteiger partial charge in [-0.15, -0.1) is 0 Å². The molecule has 1 aromatic carbocycles. The van der Waals surface area contributed by atoms with E-state index in [1.807, 2.05) is 0 Å². The van der Waals surface area contributed by atoms with Gasteiger partial charge in [0, 0.05) is 12.1 Å². The quantitative estimate of drug-likeness (QED) is 0.833. The zero-order valence-corrected chi connectivity index (χ0v) is 13.0. The van der Waals surface area contributed by atoms with Crippen molar-refractivity contribution in [2.75, 3.05) is 7.05 Å². The smallest absolute Gasteiger partial charge is 0.342 e. The lowest BCUT2D eigenvalue weighted by Crippen LogP contribution is -2.45. The van der Waals surface area contributed by atoms with E-state index in [2.05, 4.69) is 11.9 Å². The number of aromatic hydroxyl groups is 1. The summed E-state index contributed by atoms with van der Waals surface area (Å²) in [5.74, 6) is -0.521. The second-order valence-corrected chi connectivity index (χ2v) is 6.67. The Labute approximate surface area is 130 Å². The summed E-state index contributed by atoms with van der Waals surface area (Å²) in [6.07, 6.45) is 3.87. The number of aliphatic hydroxyl groups is 1. The van der Waals surface area contributed by atoms with Crippen LogP contribution >= 0.6 is 0 Å². The number of piperidine rings is 1. The summed E-state index contributed by atoms with van der Waals surface area (Å²) in [5, 5.41) is 19.8. The summed E-state index contributed by atoms with van der Waals surface area (Å²) < 4.78 is 5.59. The first-order valence-corrected chi connectivity index (χ1v) is 7.83. The fourth-order valence-electron chi connectivity index (χ4n) is 3.63. The first kappa shape index (κ1) is 15.3. The van der Waals surface area contributed by atoms with Gasteiger partial charge in [0.05, 0.1) is 0 Å². The molecule has 2 saturated heterocycles. The maximum atomic E-state index is 12.4. The summed E-state index contributed by atoms with van der Waals surface area (Å²) in [6.45, 7) is 1.44. The molecule has 0 aliphatic carbocycles. The van der Waals surface area contributed by atoms with E-state index in [1.165, 1.54) is 31.2 Å². The topological polar surface area (TPSA) is 70.0 Å². The molecule has 2 fully saturated rings. The predicted octanol–water partition coefficient (Wildman–Crippen LogP) is 1.77. The average Bonchev–Trinajstić information content (AvgIpc) is 2.70. The van der Waals surface area contributed by atoms with Crippen molar-refractivity contribution in [1.82, 2.24) is 4.90 Å². The fraction of sp³-hybridized carbons (Fsp3) is 0.588. The lowest BCUT2D eigenvalue weighted by molar-refractivity contribution is -0.173. The molecule has 2 unspecified atom stereocenters. The molecular weight excluding hydrogens is 282 g/mol. The molecule has 120 valence electrons. The van der Waals surface area contributed by atoms with Gasteiger partial charge in [-0.2, -0.15) is 0 Å². The van der Waals surface area contributed by atoms with Crippen LogP contribution in [0.4, 0.5) is 0 Å². The van der Waals surface area contributed by atoms with Gasteiger partial charge in [-0.3, -0.25) is 0 Å². The zero-order chi connectivity index (χ0) is 15.9. The van der Waals surface area contributed by atoms with Crippen LogP contribution in [0.15, 0.2) is 24.3 Å². The molecule has 5 nitrogen and oxygen atoms in total. The summed E-state index contributed by atoms with van der Waals surface area (Å²) in [6, 6.07) is 6.94. The van der Waals surface area contributed by atoms with Crippen molar-refractivity contribution >= 4 is 5.97 Å². The first-order chi connectivity index (χ1) is 10.4. The van der Waals surface area contributed by atoms with Gasteiger partial charge in [0.25, 0.3) is 0 Å². The molecule has 4 atom stereocenters. The first-order valence-electron chi connectivity index (χ1n) is 7.83. The highest BCUT2D eigenvalue weighted by Crippen LogP contribution is 2.36. The van der Waals surface area contributed by atoms with Gasteiger partial charge >= 0.3 is 5.97 Å². The van der Waals surface area contributed by atoms with Gasteiger partial charge in [-0.05, 0) is 57.4 Å². The summed E-state index contributed by atoms with van der Waals surface area (Å²) in [4.78, 5) is 14.8. The number of phenols is 1. The number of hydrogen-bond acceptors (Lipinski definition) is 5. The minimum absolute atomic E-state index is 0.0970. The Morgan fingerprint density at radius 2 is 1.77 bits per heavy atom. The zero-order valence-electron chi connectivity index (χ0n) is 13.0. The molecule has 22 heavy (non-hydrogen) atoms. The van der Waals surface area contributed by atoms with Gasteiger partial charge in [-0.25, -0.2) is 4.79 Å². The Morgan fingerprint density at radius 1 is 1.23 bits per heavy atom. The number of rotatable bonds is 3. The van der Waals surface area contributed by atoms with Crippen LogP contribution in [-0.2, 0) is 15.1 Å². The van der Waals surface area contributed by atoms with Crippen LogP contribution in [0.5, 0.6) is 5.75 Å². The molecule has 1 aromatic rings. The summed E-state index contributed by atoms with van der Waals surface area (Å²) in [7, 11) is 2.13. The third-order valence-electron chi connectivity index (χ3n) is 5.16. The Hall–Kier alpha value is -1.59. The van der Waals surface area contributed by atoms with Crippen molar-refractivity contribution in [3.05, 3.63) is 29.8 Å². The van der Waals surface area contributed by atoms with E-state index < -0.39 is 11.6 Å². The van der Waals surface area contributed by atoms with Gasteiger partial charge < -0.3 is 19.8 Å². The van der Waals surface area contributed by atoms with E-state index in [9.17, 15) is 15.0 Å². The van der Waals surface area contributed by atoms with Crippen molar-refractivity contribution in [2.24, 2.45) is 0 Å². The lowest BCUT2D eigenvalue weighted by Gasteiger charge is -2.36. The van der Waals surface area contributed by atoms with Crippen molar-refractivity contribution in [3.8, 4) is 5.75 Å². The molecule has 2 aliphatic rings. The lowest BCUT2D eigenvalue weighted by atomic mass is 9.95. The number of carbonyl (C=O) groups excluding carboxylic acids is 1. The summed E-state index contributed by atoms with van der Waals surface area (Å²) >= 11 is 0. The largest absolute Gasteiger partial charge is 0.508 e. The van der Waals surface area contributed by atoms with E-state index in [1.54, 1.807) is 0 Å². The number of nitrogens with zero attached hydrogens (tertiary/aromatic N) is 1. The van der Waals surface area contributed by atoms with E-state index >= 15 is 0 Å². The summed E-state index contributed by atoms with van der Waals surface area (Å²) in [5.41, 5.74) is -1.28. The van der Waals surface area contributed by atoms with Crippen LogP contribution in [-0.4, -0.2) is 46.3 Å². The van der Waals surface area contributed by atoms with E-state index in [0.717, 1.165) is 25.7 Å². The molecule has 5 heteroatoms. The van der Waals surface area contributed by atoms with Gasteiger partial charge in [-0.1, -0.05) is 12.1 Å². The van der Waals surface area contributed by atoms with Crippen LogP contribution in [0, 0.1) is 0 Å². The number of esters is 1. The normalized spacial score (nSPS) is 30.8. The van der Waals surface area contributed by atoms with Crippen LogP contribution in [0.25, 0.3) is 0 Å². The number of benzene rings is 1. The van der Waals surface area contributed by atoms with Gasteiger partial charge in [0.1, 0.15) is 11.9 Å². The van der Waals surface area contributed by atoms with Crippen molar-refractivity contribution in [2.45, 2.75) is 56.4 Å². The van der Waals surface area contributed by atoms with Gasteiger partial charge in [0.2, 0.25) is 0 Å². The molecule has 0 radical (unpaired) electrons. The molecule has 2 heterocycles. The van der Waals surface area contributed by atoms with E-state index in [-0.39, 0.29) is 11.9 Å². The number of ether oxygens (including phenoxy) is 1. The van der Waals surface area contributed by atoms with Crippen LogP contribution in [0.2, 0.25) is 0 Å². The monoisotopic (exact) mass is 305 g/mol. The maximum absolute atomic E-state index is 12.4. The second-order valence-electron chi connectivity index (χ2n) is 6.67. The molecule has 3 rings (SSSR count). The maximum Gasteiger partial charge on any atom is 0.342 e. The number of phenolic OH excluding ortho intramolecular Hbond substituents is 1. The number of hydrogen-bond donors (Lipinski definition) is 2. The van der Waals surface area contributed by atoms with Crippen molar-refractivity contribution in [1.29, 1.82) is 0 Å². The molecule has 0 amide bonds. The minimum atomic E-state index is -1.70. The molecule has 2 bridgehead atoms. The molecule has 0 spiro atoms. The molecule has 2 N–H and O–H groups in total. The Bertz CT molecular complexity index is 540. The number of carbonyl (C=O) groups is 1. The van der Waals surface area contributed by atoms with E-state index in [4.69, 9.17) is 4.74 Å². The third kappa shape index (κ3) is 2.71. The third-order valence-corrected chi connectivity index (χ3v) is 5.16. The van der Waals surface area contributed by atoms with E-state index in [0.29, 0.717) is 17.6 Å². The van der Waals surface area contributed by atoms with Crippen molar-refractivity contribution < 1.29 is 19.7 Å². The highest BCUT2D eigenvalue weighted by atomic mass is 16.6. The molecule has 2 aliphatic heterocycles. The number of fused-ring (bicyclic) bond motifs is 2. The Balaban J connectivity index is 1.67. The fourth-order valence-corrected chi connectivity index (χ4v) is 3.63. The van der Waals surface area contributed by atoms with Crippen LogP contribution in [0.1, 0.15) is 38.2 Å². The van der Waals surface area contributed by atoms with Crippen LogP contribution in [0.3, 0.4) is 0 Å². The van der Waals surface area contributed by atoms with Gasteiger partial charge in [0.15, 0.2) is 5.60 Å². The average molecular weight is 305 g/mol. The minimum Gasteiger partial charge on any atom is -0.508 e. The molecule has 0 aromatic heterocycles. The predicted molar refractivity (Wildman–Crippen MR) is 81.4 cm³/mol. The second kappa shape index (κ2) is 5.56. The Kier molecular flexibility index (Phi) is 3.87. The Morgan fingerprint density at radius 3 is 2.32 bits per heavy atom. The van der Waals surface area contributed by atoms with Crippen molar-refractivity contribution in [3.63, 3.8) is 0 Å². The highest BCUT2D eigenvalue weighted by molar-refractivity contribution is 5.80. The highest BCUT2D eigenvalue weighted by Gasteiger charge is 2.42. The SMILES string of the molecule is CN1[C@@H]2CC[C@H]1CC(OC(=O)C(C)(O)c1ccc(O)cc1)C2. The molecular formula is C17H23NO4. The molecule has 0 saturated carbocycles. The van der Waals surface area contributed by atoms with Crippen LogP contribution < -0.4 is 0 Å².